The van der Waals surface area contributed by atoms with E-state index in [0.29, 0.717) is 0 Å². The van der Waals surface area contributed by atoms with E-state index < -0.39 is 0 Å². The van der Waals surface area contributed by atoms with Crippen LogP contribution in [0.5, 0.6) is 0 Å². The molecule has 9 aromatic rings. The highest BCUT2D eigenvalue weighted by molar-refractivity contribution is 6.14. The molecule has 2 nitrogen and oxygen atoms in total. The lowest BCUT2D eigenvalue weighted by Crippen LogP contribution is -2.16. The molecule has 0 saturated heterocycles. The number of hydrogen-bond donors (Lipinski definition) is 0. The number of fused-ring (bicyclic) bond motifs is 10. The van der Waals surface area contributed by atoms with Gasteiger partial charge >= 0.3 is 0 Å². The summed E-state index contributed by atoms with van der Waals surface area (Å²) in [6.07, 6.45) is 0. The number of anilines is 3. The van der Waals surface area contributed by atoms with E-state index in [-0.39, 0.29) is 10.8 Å². The van der Waals surface area contributed by atoms with Crippen LogP contribution in [0, 0.1) is 0 Å². The molecular formula is C54H42N2. The lowest BCUT2D eigenvalue weighted by molar-refractivity contribution is 0.660. The third-order valence-corrected chi connectivity index (χ3v) is 12.8. The number of rotatable bonds is 5. The topological polar surface area (TPSA) is 8.17 Å². The fourth-order valence-corrected chi connectivity index (χ4v) is 10.0. The minimum absolute atomic E-state index is 0.112. The molecule has 1 heterocycles. The summed E-state index contributed by atoms with van der Waals surface area (Å²) < 4.78 is 2.53. The molecule has 2 aliphatic carbocycles. The van der Waals surface area contributed by atoms with Crippen LogP contribution in [0.4, 0.5) is 17.1 Å². The van der Waals surface area contributed by atoms with Gasteiger partial charge in [0.1, 0.15) is 0 Å². The molecule has 0 spiro atoms. The van der Waals surface area contributed by atoms with Gasteiger partial charge in [0.15, 0.2) is 0 Å². The second-order valence-electron chi connectivity index (χ2n) is 16.6. The SMILES string of the molecule is CC1(C)c2ccccc2-c2ccc(N(c3ccc(-c4ccccc4)cc3)c3ccc4c5ccc6c(c5n(-c5ccccc5)c4c3)C(C)(C)c3ccccc3-6)cc21. The van der Waals surface area contributed by atoms with Gasteiger partial charge in [-0.25, -0.2) is 0 Å². The Hall–Kier alpha value is -6.64. The largest absolute Gasteiger partial charge is 0.310 e. The van der Waals surface area contributed by atoms with Crippen LogP contribution in [-0.2, 0) is 10.8 Å². The van der Waals surface area contributed by atoms with E-state index in [1.54, 1.807) is 0 Å². The van der Waals surface area contributed by atoms with Crippen molar-refractivity contribution in [2.75, 3.05) is 4.90 Å². The van der Waals surface area contributed by atoms with Gasteiger partial charge in [-0.3, -0.25) is 0 Å². The average molecular weight is 719 g/mol. The number of hydrogen-bond acceptors (Lipinski definition) is 1. The third kappa shape index (κ3) is 4.62. The minimum atomic E-state index is -0.156. The Labute approximate surface area is 328 Å². The van der Waals surface area contributed by atoms with Crippen LogP contribution < -0.4 is 4.90 Å². The van der Waals surface area contributed by atoms with Gasteiger partial charge in [0, 0.05) is 44.4 Å². The Balaban J connectivity index is 1.16. The molecule has 2 aliphatic rings. The Bertz CT molecular complexity index is 3000. The second-order valence-corrected chi connectivity index (χ2v) is 16.6. The van der Waals surface area contributed by atoms with Crippen molar-refractivity contribution in [1.82, 2.24) is 4.57 Å². The predicted molar refractivity (Wildman–Crippen MR) is 236 cm³/mol. The fourth-order valence-electron chi connectivity index (χ4n) is 10.0. The fraction of sp³-hybridized carbons (Fsp3) is 0.111. The van der Waals surface area contributed by atoms with Crippen molar-refractivity contribution in [2.24, 2.45) is 0 Å². The van der Waals surface area contributed by atoms with Crippen molar-refractivity contribution in [2.45, 2.75) is 38.5 Å². The maximum Gasteiger partial charge on any atom is 0.0588 e. The van der Waals surface area contributed by atoms with Crippen LogP contribution in [0.3, 0.4) is 0 Å². The molecule has 11 rings (SSSR count). The van der Waals surface area contributed by atoms with E-state index in [1.165, 1.54) is 83.1 Å². The standard InChI is InChI=1S/C54H42N2/c1-53(2)47-21-13-11-19-41(47)43-29-27-39(33-49(43)53)55(38-25-23-36(24-26-38)35-15-7-5-8-16-35)40-28-30-44-46-32-31-45-42-20-12-14-22-48(42)54(3,4)51(45)52(46)56(50(44)34-40)37-17-9-6-10-18-37/h5-34H,1-4H3. The summed E-state index contributed by atoms with van der Waals surface area (Å²) in [7, 11) is 0. The molecule has 0 amide bonds. The van der Waals surface area contributed by atoms with Crippen molar-refractivity contribution in [1.29, 1.82) is 0 Å². The zero-order chi connectivity index (χ0) is 37.8. The third-order valence-electron chi connectivity index (χ3n) is 12.8. The van der Waals surface area contributed by atoms with Crippen molar-refractivity contribution >= 4 is 38.9 Å². The summed E-state index contributed by atoms with van der Waals surface area (Å²) in [5.41, 5.74) is 20.1. The van der Waals surface area contributed by atoms with Gasteiger partial charge in [-0.05, 0) is 104 Å². The van der Waals surface area contributed by atoms with E-state index in [4.69, 9.17) is 0 Å². The Kier molecular flexibility index (Phi) is 6.98. The zero-order valence-corrected chi connectivity index (χ0v) is 32.2. The van der Waals surface area contributed by atoms with Gasteiger partial charge in [-0.15, -0.1) is 0 Å². The number of benzene rings is 8. The van der Waals surface area contributed by atoms with Crippen molar-refractivity contribution in [3.05, 3.63) is 204 Å². The first-order chi connectivity index (χ1) is 27.3. The maximum absolute atomic E-state index is 2.53. The highest BCUT2D eigenvalue weighted by atomic mass is 15.1. The second kappa shape index (κ2) is 11.9. The molecule has 0 saturated carbocycles. The maximum atomic E-state index is 2.53. The summed E-state index contributed by atoms with van der Waals surface area (Å²) >= 11 is 0. The van der Waals surface area contributed by atoms with E-state index in [9.17, 15) is 0 Å². The van der Waals surface area contributed by atoms with Crippen LogP contribution in [0.25, 0.3) is 60.9 Å². The summed E-state index contributed by atoms with van der Waals surface area (Å²) in [6.45, 7) is 9.51. The molecular weight excluding hydrogens is 677 g/mol. The average Bonchev–Trinajstić information content (AvgIpc) is 3.78. The van der Waals surface area contributed by atoms with E-state index >= 15 is 0 Å². The van der Waals surface area contributed by atoms with Gasteiger partial charge in [0.2, 0.25) is 0 Å². The highest BCUT2D eigenvalue weighted by Gasteiger charge is 2.39. The monoisotopic (exact) mass is 718 g/mol. The first kappa shape index (κ1) is 32.8. The molecule has 1 aromatic heterocycles. The summed E-state index contributed by atoms with van der Waals surface area (Å²) in [6, 6.07) is 67.4. The van der Waals surface area contributed by atoms with Gasteiger partial charge in [0.25, 0.3) is 0 Å². The van der Waals surface area contributed by atoms with E-state index in [1.807, 2.05) is 0 Å². The normalized spacial score (nSPS) is 14.4. The van der Waals surface area contributed by atoms with Crippen molar-refractivity contribution < 1.29 is 0 Å². The van der Waals surface area contributed by atoms with Crippen molar-refractivity contribution in [3.63, 3.8) is 0 Å². The Morgan fingerprint density at radius 2 is 0.911 bits per heavy atom. The Morgan fingerprint density at radius 1 is 0.393 bits per heavy atom. The molecule has 0 aliphatic heterocycles. The van der Waals surface area contributed by atoms with Gasteiger partial charge in [-0.1, -0.05) is 161 Å². The summed E-state index contributed by atoms with van der Waals surface area (Å²) in [4.78, 5) is 2.45. The van der Waals surface area contributed by atoms with Gasteiger partial charge < -0.3 is 9.47 Å². The minimum Gasteiger partial charge on any atom is -0.310 e. The molecule has 0 bridgehead atoms. The quantitative estimate of drug-likeness (QED) is 0.172. The zero-order valence-electron chi connectivity index (χ0n) is 32.2. The molecule has 0 radical (unpaired) electrons. The van der Waals surface area contributed by atoms with Crippen molar-refractivity contribution in [3.8, 4) is 39.1 Å². The molecule has 0 unspecified atom stereocenters. The van der Waals surface area contributed by atoms with Crippen LogP contribution in [0.1, 0.15) is 49.9 Å². The lowest BCUT2D eigenvalue weighted by atomic mass is 9.81. The van der Waals surface area contributed by atoms with Crippen LogP contribution in [-0.4, -0.2) is 4.57 Å². The molecule has 0 N–H and O–H groups in total. The molecule has 0 atom stereocenters. The van der Waals surface area contributed by atoms with Gasteiger partial charge in [-0.2, -0.15) is 0 Å². The lowest BCUT2D eigenvalue weighted by Gasteiger charge is -2.28. The first-order valence-electron chi connectivity index (χ1n) is 19.8. The van der Waals surface area contributed by atoms with Crippen LogP contribution >= 0.6 is 0 Å². The number of nitrogens with zero attached hydrogens (tertiary/aromatic N) is 2. The van der Waals surface area contributed by atoms with Crippen LogP contribution in [0.15, 0.2) is 182 Å². The number of aromatic nitrogens is 1. The Morgan fingerprint density at radius 3 is 1.64 bits per heavy atom. The van der Waals surface area contributed by atoms with E-state index in [2.05, 4.69) is 219 Å². The number of para-hydroxylation sites is 1. The molecule has 268 valence electrons. The molecule has 56 heavy (non-hydrogen) atoms. The molecule has 8 aromatic carbocycles. The van der Waals surface area contributed by atoms with Crippen LogP contribution in [0.2, 0.25) is 0 Å². The van der Waals surface area contributed by atoms with Gasteiger partial charge in [0.05, 0.1) is 11.0 Å². The highest BCUT2D eigenvalue weighted by Crippen LogP contribution is 2.54. The first-order valence-corrected chi connectivity index (χ1v) is 19.8. The summed E-state index contributed by atoms with van der Waals surface area (Å²) in [5.74, 6) is 0. The predicted octanol–water partition coefficient (Wildman–Crippen LogP) is 14.5. The molecule has 0 fully saturated rings. The molecule has 2 heteroatoms. The smallest absolute Gasteiger partial charge is 0.0588 e. The summed E-state index contributed by atoms with van der Waals surface area (Å²) in [5, 5.41) is 2.54. The van der Waals surface area contributed by atoms with E-state index in [0.717, 1.165) is 17.1 Å².